The summed E-state index contributed by atoms with van der Waals surface area (Å²) < 4.78 is 1.96. The Balaban J connectivity index is 1.50. The first-order valence-electron chi connectivity index (χ1n) is 9.16. The van der Waals surface area contributed by atoms with Gasteiger partial charge in [-0.3, -0.25) is 4.68 Å². The molecule has 23 heavy (non-hydrogen) atoms. The van der Waals surface area contributed by atoms with Gasteiger partial charge in [-0.1, -0.05) is 12.8 Å². The van der Waals surface area contributed by atoms with E-state index in [-0.39, 0.29) is 6.03 Å². The van der Waals surface area contributed by atoms with Gasteiger partial charge in [-0.15, -0.1) is 0 Å². The lowest BCUT2D eigenvalue weighted by Gasteiger charge is -2.33. The van der Waals surface area contributed by atoms with Crippen LogP contribution >= 0.6 is 0 Å². The van der Waals surface area contributed by atoms with Crippen LogP contribution in [-0.2, 0) is 6.42 Å². The second kappa shape index (κ2) is 6.93. The molecule has 2 fully saturated rings. The molecular formula is C18H30N4O. The van der Waals surface area contributed by atoms with Crippen molar-refractivity contribution in [1.82, 2.24) is 20.0 Å². The van der Waals surface area contributed by atoms with E-state index < -0.39 is 0 Å². The van der Waals surface area contributed by atoms with Crippen LogP contribution in [-0.4, -0.2) is 39.3 Å². The molecule has 0 spiro atoms. The number of nitrogens with one attached hydrogen (secondary N) is 1. The Kier molecular flexibility index (Phi) is 4.93. The number of hydrogen-bond acceptors (Lipinski definition) is 2. The van der Waals surface area contributed by atoms with Gasteiger partial charge in [-0.2, -0.15) is 5.10 Å². The third-order valence-electron chi connectivity index (χ3n) is 5.43. The SMILES string of the molecule is CC(C)n1ccc(CCNC(=O)N2[C@H](C)C[C@@H]3CCCC[C@@H]32)n1. The summed E-state index contributed by atoms with van der Waals surface area (Å²) in [5, 5.41) is 7.65. The molecule has 0 radical (unpaired) electrons. The van der Waals surface area contributed by atoms with E-state index in [9.17, 15) is 4.79 Å². The average Bonchev–Trinajstić information content (AvgIpc) is 3.10. The first-order valence-corrected chi connectivity index (χ1v) is 9.16. The van der Waals surface area contributed by atoms with E-state index in [2.05, 4.69) is 36.1 Å². The van der Waals surface area contributed by atoms with Gasteiger partial charge in [0.25, 0.3) is 0 Å². The highest BCUT2D eigenvalue weighted by Crippen LogP contribution is 2.39. The van der Waals surface area contributed by atoms with Crippen LogP contribution in [0, 0.1) is 5.92 Å². The predicted octanol–water partition coefficient (Wildman–Crippen LogP) is 3.37. The van der Waals surface area contributed by atoms with Crippen molar-refractivity contribution >= 4 is 6.03 Å². The van der Waals surface area contributed by atoms with Crippen molar-refractivity contribution < 1.29 is 4.79 Å². The molecule has 1 saturated heterocycles. The summed E-state index contributed by atoms with van der Waals surface area (Å²) in [5.74, 6) is 0.728. The first-order chi connectivity index (χ1) is 11.1. The monoisotopic (exact) mass is 318 g/mol. The largest absolute Gasteiger partial charge is 0.338 e. The highest BCUT2D eigenvalue weighted by Gasteiger charge is 2.42. The van der Waals surface area contributed by atoms with Crippen LogP contribution in [0.3, 0.4) is 0 Å². The molecule has 2 heterocycles. The Morgan fingerprint density at radius 1 is 1.39 bits per heavy atom. The zero-order valence-electron chi connectivity index (χ0n) is 14.7. The smallest absolute Gasteiger partial charge is 0.317 e. The highest BCUT2D eigenvalue weighted by molar-refractivity contribution is 5.75. The fourth-order valence-electron chi connectivity index (χ4n) is 4.25. The van der Waals surface area contributed by atoms with Gasteiger partial charge in [-0.05, 0) is 52.0 Å². The van der Waals surface area contributed by atoms with Crippen molar-refractivity contribution in [3.63, 3.8) is 0 Å². The average molecular weight is 318 g/mol. The van der Waals surface area contributed by atoms with Crippen molar-refractivity contribution in [2.75, 3.05) is 6.54 Å². The molecule has 2 aliphatic rings. The van der Waals surface area contributed by atoms with Gasteiger partial charge < -0.3 is 10.2 Å². The van der Waals surface area contributed by atoms with E-state index in [0.717, 1.165) is 18.0 Å². The van der Waals surface area contributed by atoms with Crippen molar-refractivity contribution in [2.45, 2.75) is 77.4 Å². The molecule has 5 heteroatoms. The van der Waals surface area contributed by atoms with Crippen LogP contribution in [0.25, 0.3) is 0 Å². The number of rotatable bonds is 4. The second-order valence-electron chi connectivity index (χ2n) is 7.47. The molecule has 2 amide bonds. The molecule has 5 nitrogen and oxygen atoms in total. The summed E-state index contributed by atoms with van der Waals surface area (Å²) >= 11 is 0. The molecule has 0 unspecified atom stereocenters. The Morgan fingerprint density at radius 2 is 2.17 bits per heavy atom. The van der Waals surface area contributed by atoms with Gasteiger partial charge in [0.2, 0.25) is 0 Å². The van der Waals surface area contributed by atoms with Crippen LogP contribution in [0.4, 0.5) is 4.79 Å². The molecule has 1 aliphatic heterocycles. The van der Waals surface area contributed by atoms with E-state index in [1.165, 1.54) is 32.1 Å². The molecule has 1 aromatic rings. The summed E-state index contributed by atoms with van der Waals surface area (Å²) in [4.78, 5) is 14.7. The molecule has 128 valence electrons. The van der Waals surface area contributed by atoms with Gasteiger partial charge in [0.05, 0.1) is 5.69 Å². The first kappa shape index (κ1) is 16.3. The van der Waals surface area contributed by atoms with Gasteiger partial charge in [0.1, 0.15) is 0 Å². The van der Waals surface area contributed by atoms with Crippen molar-refractivity contribution in [2.24, 2.45) is 5.92 Å². The number of carbonyl (C=O) groups excluding carboxylic acids is 1. The maximum Gasteiger partial charge on any atom is 0.317 e. The molecular weight excluding hydrogens is 288 g/mol. The van der Waals surface area contributed by atoms with E-state index in [1.807, 2.05) is 16.9 Å². The Hall–Kier alpha value is -1.52. The topological polar surface area (TPSA) is 50.2 Å². The summed E-state index contributed by atoms with van der Waals surface area (Å²) in [5.41, 5.74) is 1.05. The zero-order chi connectivity index (χ0) is 16.4. The Bertz CT molecular complexity index is 539. The van der Waals surface area contributed by atoms with Crippen LogP contribution < -0.4 is 5.32 Å². The van der Waals surface area contributed by atoms with Crippen molar-refractivity contribution in [3.05, 3.63) is 18.0 Å². The summed E-state index contributed by atoms with van der Waals surface area (Å²) in [6, 6.07) is 3.39. The van der Waals surface area contributed by atoms with E-state index in [0.29, 0.717) is 24.7 Å². The van der Waals surface area contributed by atoms with Crippen LogP contribution in [0.5, 0.6) is 0 Å². The number of nitrogens with zero attached hydrogens (tertiary/aromatic N) is 3. The lowest BCUT2D eigenvalue weighted by Crippen LogP contribution is -2.48. The molecule has 3 atom stereocenters. The van der Waals surface area contributed by atoms with Gasteiger partial charge in [-0.25, -0.2) is 4.79 Å². The minimum Gasteiger partial charge on any atom is -0.338 e. The molecule has 1 N–H and O–H groups in total. The molecule has 1 aromatic heterocycles. The number of likely N-dealkylation sites (tertiary alicyclic amines) is 1. The number of amides is 2. The number of urea groups is 1. The normalized spacial score (nSPS) is 27.3. The fraction of sp³-hybridized carbons (Fsp3) is 0.778. The summed E-state index contributed by atoms with van der Waals surface area (Å²) in [6.45, 7) is 7.10. The lowest BCUT2D eigenvalue weighted by molar-refractivity contribution is 0.156. The van der Waals surface area contributed by atoms with E-state index >= 15 is 0 Å². The van der Waals surface area contributed by atoms with E-state index in [4.69, 9.17) is 0 Å². The maximum atomic E-state index is 12.6. The number of carbonyl (C=O) groups is 1. The summed E-state index contributed by atoms with van der Waals surface area (Å²) in [7, 11) is 0. The predicted molar refractivity (Wildman–Crippen MR) is 91.4 cm³/mol. The molecule has 1 saturated carbocycles. The second-order valence-corrected chi connectivity index (χ2v) is 7.47. The van der Waals surface area contributed by atoms with Crippen molar-refractivity contribution in [1.29, 1.82) is 0 Å². The highest BCUT2D eigenvalue weighted by atomic mass is 16.2. The molecule has 0 bridgehead atoms. The minimum absolute atomic E-state index is 0.121. The molecule has 1 aliphatic carbocycles. The third-order valence-corrected chi connectivity index (χ3v) is 5.43. The zero-order valence-corrected chi connectivity index (χ0v) is 14.7. The Morgan fingerprint density at radius 3 is 2.91 bits per heavy atom. The lowest BCUT2D eigenvalue weighted by atomic mass is 9.85. The van der Waals surface area contributed by atoms with Crippen LogP contribution in [0.1, 0.15) is 64.6 Å². The van der Waals surface area contributed by atoms with Crippen LogP contribution in [0.2, 0.25) is 0 Å². The quantitative estimate of drug-likeness (QED) is 0.925. The van der Waals surface area contributed by atoms with E-state index in [1.54, 1.807) is 0 Å². The minimum atomic E-state index is 0.121. The number of fused-ring (bicyclic) bond motifs is 1. The van der Waals surface area contributed by atoms with Gasteiger partial charge >= 0.3 is 6.03 Å². The van der Waals surface area contributed by atoms with Gasteiger partial charge in [0.15, 0.2) is 0 Å². The molecule has 0 aromatic carbocycles. The Labute approximate surface area is 139 Å². The van der Waals surface area contributed by atoms with Gasteiger partial charge in [0, 0.05) is 37.3 Å². The number of aromatic nitrogens is 2. The molecule has 3 rings (SSSR count). The van der Waals surface area contributed by atoms with Crippen LogP contribution in [0.15, 0.2) is 12.3 Å². The van der Waals surface area contributed by atoms with Crippen molar-refractivity contribution in [3.8, 4) is 0 Å². The third kappa shape index (κ3) is 3.54. The number of hydrogen-bond donors (Lipinski definition) is 1. The fourth-order valence-corrected chi connectivity index (χ4v) is 4.25. The summed E-state index contributed by atoms with van der Waals surface area (Å²) in [6.07, 6.45) is 9.06. The standard InChI is InChI=1S/C18H30N4O/c1-13(2)21-11-9-16(20-21)8-10-19-18(23)22-14(3)12-15-6-4-5-7-17(15)22/h9,11,13-15,17H,4-8,10,12H2,1-3H3,(H,19,23)/t14-,15+,17+/m1/s1. The maximum absolute atomic E-state index is 12.6.